The Balaban J connectivity index is 2.27. The summed E-state index contributed by atoms with van der Waals surface area (Å²) in [5, 5.41) is 6.59. The Labute approximate surface area is 118 Å². The zero-order valence-corrected chi connectivity index (χ0v) is 11.2. The molecule has 0 aliphatic carbocycles. The Morgan fingerprint density at radius 3 is 2.50 bits per heavy atom. The van der Waals surface area contributed by atoms with E-state index in [0.29, 0.717) is 5.82 Å². The van der Waals surface area contributed by atoms with Gasteiger partial charge in [0.1, 0.15) is 0 Å². The highest BCUT2D eigenvalue weighted by molar-refractivity contribution is 6.76. The summed E-state index contributed by atoms with van der Waals surface area (Å²) < 4.78 is -1.77. The number of rotatable bonds is 2. The van der Waals surface area contributed by atoms with Crippen LogP contribution in [0.4, 0.5) is 5.95 Å². The first-order valence-corrected chi connectivity index (χ1v) is 5.99. The van der Waals surface area contributed by atoms with E-state index >= 15 is 0 Å². The lowest BCUT2D eigenvalue weighted by atomic mass is 10.2. The van der Waals surface area contributed by atoms with Crippen molar-refractivity contribution >= 4 is 46.6 Å². The van der Waals surface area contributed by atoms with Crippen LogP contribution in [0.2, 0.25) is 0 Å². The third kappa shape index (κ3) is 3.13. The lowest BCUT2D eigenvalue weighted by molar-refractivity contribution is 1.08. The standard InChI is InChI=1S/C10H8Cl3N5/c11-10(12,13)8(14)16-9-15-7(17-18-9)6-4-2-1-3-5-6/h1-5H,(H3,14,15,16,17,18). The highest BCUT2D eigenvalue weighted by Gasteiger charge is 2.25. The van der Waals surface area contributed by atoms with Crippen LogP contribution in [0, 0.1) is 0 Å². The molecular formula is C10H8Cl3N5. The predicted molar refractivity (Wildman–Crippen MR) is 73.4 cm³/mol. The van der Waals surface area contributed by atoms with Gasteiger partial charge in [-0.2, -0.15) is 9.98 Å². The van der Waals surface area contributed by atoms with Crippen molar-refractivity contribution in [1.82, 2.24) is 15.2 Å². The fourth-order valence-corrected chi connectivity index (χ4v) is 1.33. The van der Waals surface area contributed by atoms with E-state index in [4.69, 9.17) is 40.5 Å². The van der Waals surface area contributed by atoms with Crippen molar-refractivity contribution in [1.29, 1.82) is 0 Å². The van der Waals surface area contributed by atoms with Gasteiger partial charge in [0.25, 0.3) is 5.95 Å². The number of aromatic nitrogens is 3. The average molecular weight is 305 g/mol. The van der Waals surface area contributed by atoms with Crippen LogP contribution in [0.15, 0.2) is 35.3 Å². The van der Waals surface area contributed by atoms with Crippen molar-refractivity contribution in [3.8, 4) is 11.4 Å². The molecular weight excluding hydrogens is 297 g/mol. The van der Waals surface area contributed by atoms with E-state index in [-0.39, 0.29) is 11.8 Å². The van der Waals surface area contributed by atoms with E-state index in [0.717, 1.165) is 5.56 Å². The second-order valence-corrected chi connectivity index (χ2v) is 5.63. The van der Waals surface area contributed by atoms with Crippen molar-refractivity contribution in [2.75, 3.05) is 0 Å². The van der Waals surface area contributed by atoms with Crippen molar-refractivity contribution in [3.63, 3.8) is 0 Å². The summed E-state index contributed by atoms with van der Waals surface area (Å²) in [4.78, 5) is 7.95. The molecule has 0 radical (unpaired) electrons. The van der Waals surface area contributed by atoms with Gasteiger partial charge >= 0.3 is 0 Å². The van der Waals surface area contributed by atoms with Crippen molar-refractivity contribution < 1.29 is 0 Å². The van der Waals surface area contributed by atoms with Crippen LogP contribution < -0.4 is 5.73 Å². The monoisotopic (exact) mass is 303 g/mol. The molecule has 0 fully saturated rings. The molecule has 0 bridgehead atoms. The molecule has 2 rings (SSSR count). The maximum absolute atomic E-state index is 5.57. The molecule has 0 aliphatic heterocycles. The molecule has 8 heteroatoms. The number of nitrogens with two attached hydrogens (primary N) is 1. The third-order valence-corrected chi connectivity index (χ3v) is 2.61. The Kier molecular flexibility index (Phi) is 3.75. The molecule has 0 saturated carbocycles. The van der Waals surface area contributed by atoms with Gasteiger partial charge in [0, 0.05) is 5.56 Å². The first-order chi connectivity index (χ1) is 8.47. The molecule has 1 heterocycles. The number of hydrogen-bond donors (Lipinski definition) is 2. The van der Waals surface area contributed by atoms with Crippen molar-refractivity contribution in [2.45, 2.75) is 3.79 Å². The van der Waals surface area contributed by atoms with E-state index in [1.165, 1.54) is 0 Å². The zero-order chi connectivity index (χ0) is 13.2. The lowest BCUT2D eigenvalue weighted by Crippen LogP contribution is -2.27. The smallest absolute Gasteiger partial charge is 0.270 e. The summed E-state index contributed by atoms with van der Waals surface area (Å²) >= 11 is 16.7. The number of aromatic amines is 1. The van der Waals surface area contributed by atoms with Crippen LogP contribution in [0.1, 0.15) is 0 Å². The minimum absolute atomic E-state index is 0.109. The van der Waals surface area contributed by atoms with Crippen LogP contribution in [0.5, 0.6) is 0 Å². The van der Waals surface area contributed by atoms with E-state index in [1.54, 1.807) is 0 Å². The summed E-state index contributed by atoms with van der Waals surface area (Å²) in [6.07, 6.45) is 0. The van der Waals surface area contributed by atoms with Crippen LogP contribution in [0.25, 0.3) is 11.4 Å². The van der Waals surface area contributed by atoms with Crippen LogP contribution in [0.3, 0.4) is 0 Å². The molecule has 94 valence electrons. The fraction of sp³-hybridized carbons (Fsp3) is 0.100. The van der Waals surface area contributed by atoms with Gasteiger partial charge in [0.15, 0.2) is 11.7 Å². The van der Waals surface area contributed by atoms with Crippen LogP contribution >= 0.6 is 34.8 Å². The lowest BCUT2D eigenvalue weighted by Gasteiger charge is -2.07. The van der Waals surface area contributed by atoms with Gasteiger partial charge in [-0.1, -0.05) is 65.1 Å². The highest BCUT2D eigenvalue weighted by atomic mass is 35.6. The third-order valence-electron chi connectivity index (χ3n) is 2.03. The van der Waals surface area contributed by atoms with E-state index in [1.807, 2.05) is 30.3 Å². The molecule has 0 atom stereocenters. The molecule has 1 aromatic heterocycles. The second-order valence-electron chi connectivity index (χ2n) is 3.34. The maximum Gasteiger partial charge on any atom is 0.270 e. The van der Waals surface area contributed by atoms with Crippen molar-refractivity contribution in [2.24, 2.45) is 10.7 Å². The van der Waals surface area contributed by atoms with E-state index in [2.05, 4.69) is 20.2 Å². The number of alkyl halides is 3. The number of halogens is 3. The highest BCUT2D eigenvalue weighted by Crippen LogP contribution is 2.27. The van der Waals surface area contributed by atoms with Gasteiger partial charge in [0.2, 0.25) is 3.79 Å². The first-order valence-electron chi connectivity index (χ1n) is 4.86. The molecule has 5 nitrogen and oxygen atoms in total. The van der Waals surface area contributed by atoms with E-state index in [9.17, 15) is 0 Å². The summed E-state index contributed by atoms with van der Waals surface area (Å²) in [6, 6.07) is 9.44. The minimum Gasteiger partial charge on any atom is -0.383 e. The number of H-pyrrole nitrogens is 1. The SMILES string of the molecule is N/C(=N\c1n[nH]c(-c2ccccc2)n1)C(Cl)(Cl)Cl. The molecule has 0 amide bonds. The number of hydrogen-bond acceptors (Lipinski definition) is 3. The maximum atomic E-state index is 5.57. The number of amidine groups is 1. The van der Waals surface area contributed by atoms with Crippen molar-refractivity contribution in [3.05, 3.63) is 30.3 Å². The Hall–Kier alpha value is -1.30. The van der Waals surface area contributed by atoms with Gasteiger partial charge < -0.3 is 5.73 Å². The van der Waals surface area contributed by atoms with Gasteiger partial charge in [0.05, 0.1) is 0 Å². The molecule has 1 aromatic carbocycles. The summed E-state index contributed by atoms with van der Waals surface area (Å²) in [5.41, 5.74) is 6.36. The molecule has 0 spiro atoms. The van der Waals surface area contributed by atoms with E-state index < -0.39 is 3.79 Å². The predicted octanol–water partition coefficient (Wildman–Crippen LogP) is 2.83. The quantitative estimate of drug-likeness (QED) is 0.508. The zero-order valence-electron chi connectivity index (χ0n) is 8.94. The van der Waals surface area contributed by atoms with Gasteiger partial charge in [-0.05, 0) is 0 Å². The normalized spacial score (nSPS) is 12.7. The summed E-state index contributed by atoms with van der Waals surface area (Å²) in [6.45, 7) is 0. The number of aliphatic imine (C=N–C) groups is 1. The largest absolute Gasteiger partial charge is 0.383 e. The van der Waals surface area contributed by atoms with Crippen LogP contribution in [-0.4, -0.2) is 24.8 Å². The fourth-order valence-electron chi connectivity index (χ4n) is 1.20. The van der Waals surface area contributed by atoms with Gasteiger partial charge in [-0.25, -0.2) is 0 Å². The summed E-state index contributed by atoms with van der Waals surface area (Å²) in [5.74, 6) is 0.482. The molecule has 2 aromatic rings. The van der Waals surface area contributed by atoms with Gasteiger partial charge in [-0.3, -0.25) is 5.10 Å². The Morgan fingerprint density at radius 1 is 1.22 bits per heavy atom. The Bertz CT molecular complexity index is 558. The molecule has 0 unspecified atom stereocenters. The van der Waals surface area contributed by atoms with Gasteiger partial charge in [-0.15, -0.1) is 5.10 Å². The molecule has 0 saturated heterocycles. The minimum atomic E-state index is -1.77. The average Bonchev–Trinajstić information content (AvgIpc) is 2.77. The number of benzene rings is 1. The topological polar surface area (TPSA) is 80.0 Å². The summed E-state index contributed by atoms with van der Waals surface area (Å²) in [7, 11) is 0. The second kappa shape index (κ2) is 5.14. The molecule has 18 heavy (non-hydrogen) atoms. The Morgan fingerprint density at radius 2 is 1.89 bits per heavy atom. The van der Waals surface area contributed by atoms with Crippen LogP contribution in [-0.2, 0) is 0 Å². The molecule has 3 N–H and O–H groups in total. The number of nitrogens with one attached hydrogen (secondary N) is 1. The number of nitrogens with zero attached hydrogens (tertiary/aromatic N) is 3. The molecule has 0 aliphatic rings. The first kappa shape index (κ1) is 13.1.